The molecule has 0 bridgehead atoms. The first-order chi connectivity index (χ1) is 8.47. The number of rotatable bonds is 6. The van der Waals surface area contributed by atoms with Crippen molar-refractivity contribution in [1.82, 2.24) is 9.47 Å². The normalized spacial score (nSPS) is 11.0. The zero-order valence-electron chi connectivity index (χ0n) is 11.4. The summed E-state index contributed by atoms with van der Waals surface area (Å²) in [5.41, 5.74) is 0.705. The average molecular weight is 317 g/mol. The quantitative estimate of drug-likeness (QED) is 0.756. The van der Waals surface area contributed by atoms with E-state index in [4.69, 9.17) is 4.74 Å². The van der Waals surface area contributed by atoms with E-state index < -0.39 is 0 Å². The Kier molecular flexibility index (Phi) is 5.88. The maximum Gasteiger partial charge on any atom is 0.270 e. The summed E-state index contributed by atoms with van der Waals surface area (Å²) in [5, 5.41) is 0. The molecule has 0 unspecified atom stereocenters. The molecule has 0 saturated carbocycles. The number of amides is 1. The highest BCUT2D eigenvalue weighted by Gasteiger charge is 2.18. The van der Waals surface area contributed by atoms with Gasteiger partial charge in [0.25, 0.3) is 5.91 Å². The Morgan fingerprint density at radius 2 is 2.22 bits per heavy atom. The van der Waals surface area contributed by atoms with Crippen molar-refractivity contribution in [2.45, 2.75) is 26.8 Å². The minimum absolute atomic E-state index is 0.0223. The van der Waals surface area contributed by atoms with Crippen LogP contribution in [0.1, 0.15) is 37.3 Å². The Balaban J connectivity index is 2.76. The summed E-state index contributed by atoms with van der Waals surface area (Å²) in [4.78, 5) is 14.0. The highest BCUT2D eigenvalue weighted by atomic mass is 79.9. The van der Waals surface area contributed by atoms with Crippen molar-refractivity contribution >= 4 is 21.8 Å². The molecule has 1 aromatic heterocycles. The van der Waals surface area contributed by atoms with Gasteiger partial charge in [-0.1, -0.05) is 0 Å². The topological polar surface area (TPSA) is 34.5 Å². The highest BCUT2D eigenvalue weighted by molar-refractivity contribution is 9.10. The van der Waals surface area contributed by atoms with Crippen LogP contribution in [-0.2, 0) is 4.74 Å². The fourth-order valence-corrected chi connectivity index (χ4v) is 2.12. The minimum Gasteiger partial charge on any atom is -0.380 e. The second kappa shape index (κ2) is 6.95. The van der Waals surface area contributed by atoms with E-state index in [1.54, 1.807) is 11.9 Å². The molecule has 0 fully saturated rings. The first-order valence-electron chi connectivity index (χ1n) is 6.18. The molecule has 1 amide bonds. The van der Waals surface area contributed by atoms with Gasteiger partial charge in [-0.3, -0.25) is 4.79 Å². The number of ether oxygens (including phenoxy) is 1. The Hall–Kier alpha value is -0.810. The van der Waals surface area contributed by atoms with Gasteiger partial charge in [0.15, 0.2) is 0 Å². The molecule has 0 aromatic carbocycles. The summed E-state index contributed by atoms with van der Waals surface area (Å²) in [5.74, 6) is 0.0223. The van der Waals surface area contributed by atoms with Gasteiger partial charge in [-0.15, -0.1) is 0 Å². The standard InChI is InChI=1S/C13H21BrN2O2/c1-5-18-7-6-15(4)13(17)12-8-11(14)9-16(12)10(2)3/h8-10H,5-7H2,1-4H3. The molecular weight excluding hydrogens is 296 g/mol. The van der Waals surface area contributed by atoms with Crippen molar-refractivity contribution in [3.63, 3.8) is 0 Å². The largest absolute Gasteiger partial charge is 0.380 e. The van der Waals surface area contributed by atoms with Crippen LogP contribution in [0.2, 0.25) is 0 Å². The van der Waals surface area contributed by atoms with E-state index in [0.29, 0.717) is 25.5 Å². The van der Waals surface area contributed by atoms with Gasteiger partial charge in [0.1, 0.15) is 5.69 Å². The molecule has 0 saturated heterocycles. The monoisotopic (exact) mass is 316 g/mol. The Labute approximate surface area is 117 Å². The van der Waals surface area contributed by atoms with E-state index in [1.165, 1.54) is 0 Å². The lowest BCUT2D eigenvalue weighted by Crippen LogP contribution is -2.31. The number of hydrogen-bond acceptors (Lipinski definition) is 2. The van der Waals surface area contributed by atoms with Crippen LogP contribution in [0.15, 0.2) is 16.7 Å². The third-order valence-electron chi connectivity index (χ3n) is 2.71. The molecule has 0 N–H and O–H groups in total. The number of carbonyl (C=O) groups excluding carboxylic acids is 1. The molecule has 1 aromatic rings. The summed E-state index contributed by atoms with van der Waals surface area (Å²) in [6.45, 7) is 7.92. The van der Waals surface area contributed by atoms with Crippen LogP contribution in [0, 0.1) is 0 Å². The Morgan fingerprint density at radius 1 is 1.56 bits per heavy atom. The minimum atomic E-state index is 0.0223. The first kappa shape index (κ1) is 15.2. The summed E-state index contributed by atoms with van der Waals surface area (Å²) >= 11 is 3.42. The smallest absolute Gasteiger partial charge is 0.270 e. The summed E-state index contributed by atoms with van der Waals surface area (Å²) in [7, 11) is 1.80. The molecule has 1 rings (SSSR count). The van der Waals surface area contributed by atoms with Crippen LogP contribution >= 0.6 is 15.9 Å². The van der Waals surface area contributed by atoms with Crippen molar-refractivity contribution in [3.8, 4) is 0 Å². The lowest BCUT2D eigenvalue weighted by Gasteiger charge is -2.19. The van der Waals surface area contributed by atoms with E-state index in [1.807, 2.05) is 23.8 Å². The molecule has 0 radical (unpaired) electrons. The molecular formula is C13H21BrN2O2. The lowest BCUT2D eigenvalue weighted by molar-refractivity contribution is 0.0698. The fourth-order valence-electron chi connectivity index (χ4n) is 1.69. The SMILES string of the molecule is CCOCCN(C)C(=O)c1cc(Br)cn1C(C)C. The van der Waals surface area contributed by atoms with Gasteiger partial charge in [-0.2, -0.15) is 0 Å². The van der Waals surface area contributed by atoms with Gasteiger partial charge in [0, 0.05) is 36.9 Å². The summed E-state index contributed by atoms with van der Waals surface area (Å²) in [6.07, 6.45) is 1.94. The zero-order valence-corrected chi connectivity index (χ0v) is 13.0. The van der Waals surface area contributed by atoms with Crippen molar-refractivity contribution in [1.29, 1.82) is 0 Å². The van der Waals surface area contributed by atoms with Crippen molar-refractivity contribution in [3.05, 3.63) is 22.4 Å². The van der Waals surface area contributed by atoms with Crippen molar-refractivity contribution in [2.75, 3.05) is 26.8 Å². The van der Waals surface area contributed by atoms with E-state index >= 15 is 0 Å². The van der Waals surface area contributed by atoms with Gasteiger partial charge in [-0.05, 0) is 42.8 Å². The van der Waals surface area contributed by atoms with E-state index in [9.17, 15) is 4.79 Å². The zero-order chi connectivity index (χ0) is 13.7. The Bertz CT molecular complexity index is 402. The van der Waals surface area contributed by atoms with E-state index in [-0.39, 0.29) is 11.9 Å². The molecule has 0 aliphatic rings. The number of hydrogen-bond donors (Lipinski definition) is 0. The summed E-state index contributed by atoms with van der Waals surface area (Å²) in [6, 6.07) is 2.12. The predicted molar refractivity (Wildman–Crippen MR) is 76.0 cm³/mol. The molecule has 0 aliphatic heterocycles. The number of nitrogens with zero attached hydrogens (tertiary/aromatic N) is 2. The third-order valence-corrected chi connectivity index (χ3v) is 3.15. The van der Waals surface area contributed by atoms with Crippen LogP contribution < -0.4 is 0 Å². The lowest BCUT2D eigenvalue weighted by atomic mass is 10.3. The first-order valence-corrected chi connectivity index (χ1v) is 6.97. The molecule has 1 heterocycles. The maximum atomic E-state index is 12.3. The number of likely N-dealkylation sites (N-methyl/N-ethyl adjacent to an activating group) is 1. The van der Waals surface area contributed by atoms with Gasteiger partial charge < -0.3 is 14.2 Å². The second-order valence-corrected chi connectivity index (χ2v) is 5.38. The molecule has 0 spiro atoms. The third kappa shape index (κ3) is 3.85. The van der Waals surface area contributed by atoms with E-state index in [2.05, 4.69) is 29.8 Å². The molecule has 0 aliphatic carbocycles. The van der Waals surface area contributed by atoms with E-state index in [0.717, 1.165) is 4.47 Å². The molecule has 4 nitrogen and oxygen atoms in total. The van der Waals surface area contributed by atoms with Crippen LogP contribution in [0.4, 0.5) is 0 Å². The summed E-state index contributed by atoms with van der Waals surface area (Å²) < 4.78 is 8.17. The second-order valence-electron chi connectivity index (χ2n) is 4.47. The average Bonchev–Trinajstić information content (AvgIpc) is 2.70. The highest BCUT2D eigenvalue weighted by Crippen LogP contribution is 2.20. The van der Waals surface area contributed by atoms with Crippen LogP contribution in [0.25, 0.3) is 0 Å². The molecule has 5 heteroatoms. The fraction of sp³-hybridized carbons (Fsp3) is 0.615. The van der Waals surface area contributed by atoms with Crippen LogP contribution in [-0.4, -0.2) is 42.2 Å². The van der Waals surface area contributed by atoms with Crippen LogP contribution in [0.5, 0.6) is 0 Å². The van der Waals surface area contributed by atoms with Gasteiger partial charge >= 0.3 is 0 Å². The molecule has 0 atom stereocenters. The molecule has 102 valence electrons. The maximum absolute atomic E-state index is 12.3. The van der Waals surface area contributed by atoms with Gasteiger partial charge in [-0.25, -0.2) is 0 Å². The van der Waals surface area contributed by atoms with Crippen LogP contribution in [0.3, 0.4) is 0 Å². The van der Waals surface area contributed by atoms with Crippen molar-refractivity contribution < 1.29 is 9.53 Å². The molecule has 18 heavy (non-hydrogen) atoms. The van der Waals surface area contributed by atoms with Gasteiger partial charge in [0.05, 0.1) is 6.61 Å². The number of carbonyl (C=O) groups is 1. The number of aromatic nitrogens is 1. The number of halogens is 1. The van der Waals surface area contributed by atoms with Crippen molar-refractivity contribution in [2.24, 2.45) is 0 Å². The van der Waals surface area contributed by atoms with Gasteiger partial charge in [0.2, 0.25) is 0 Å². The predicted octanol–water partition coefficient (Wildman–Crippen LogP) is 2.94. The Morgan fingerprint density at radius 3 is 2.78 bits per heavy atom.